The van der Waals surface area contributed by atoms with Gasteiger partial charge in [-0.3, -0.25) is 4.79 Å². The molecule has 13 heavy (non-hydrogen) atoms. The Kier molecular flexibility index (Phi) is 25.9. The predicted molar refractivity (Wildman–Crippen MR) is 49.5 cm³/mol. The van der Waals surface area contributed by atoms with Gasteiger partial charge in [0.25, 0.3) is 0 Å². The smallest absolute Gasteiger partial charge is 0.341 e. The molecule has 0 unspecified atom stereocenters. The van der Waals surface area contributed by atoms with E-state index in [0.29, 0.717) is 0 Å². The molecule has 0 aromatic heterocycles. The zero-order chi connectivity index (χ0) is 8.15. The summed E-state index contributed by atoms with van der Waals surface area (Å²) in [5.74, 6) is -1.89. The Morgan fingerprint density at radius 2 is 1.77 bits per heavy atom. The second-order valence-electron chi connectivity index (χ2n) is 1.79. The first-order valence-electron chi connectivity index (χ1n) is 2.68. The third kappa shape index (κ3) is 16.6. The Morgan fingerprint density at radius 3 is 2.00 bits per heavy atom. The molecule has 0 spiro atoms. The van der Waals surface area contributed by atoms with Gasteiger partial charge in [0.1, 0.15) is 6.04 Å². The monoisotopic (exact) mass is 216 g/mol. The summed E-state index contributed by atoms with van der Waals surface area (Å²) >= 11 is 0. The van der Waals surface area contributed by atoms with Gasteiger partial charge in [-0.25, -0.2) is 4.79 Å². The first-order valence-corrected chi connectivity index (χ1v) is 2.68. The van der Waals surface area contributed by atoms with Crippen LogP contribution in [0, 0.1) is 0 Å². The van der Waals surface area contributed by atoms with Crippen molar-refractivity contribution in [1.82, 2.24) is 0 Å². The maximum absolute atomic E-state index is 10.4. The molecule has 0 aromatic rings. The van der Waals surface area contributed by atoms with Gasteiger partial charge in [-0.05, 0) is 6.92 Å². The minimum atomic E-state index is -1.19. The van der Waals surface area contributed by atoms with Gasteiger partial charge < -0.3 is 15.6 Å². The van der Waals surface area contributed by atoms with Crippen molar-refractivity contribution in [1.29, 1.82) is 0 Å². The van der Waals surface area contributed by atoms with Crippen LogP contribution in [0.4, 0.5) is 0 Å². The van der Waals surface area contributed by atoms with E-state index in [4.69, 9.17) is 10.8 Å². The molecule has 3 radical (unpaired) electrons. The minimum Gasteiger partial charge on any atom is -0.479 e. The van der Waals surface area contributed by atoms with E-state index >= 15 is 0 Å². The molecular weight excluding hydrogens is 207 g/mol. The summed E-state index contributed by atoms with van der Waals surface area (Å²) in [4.78, 5) is 20.2. The van der Waals surface area contributed by atoms with Crippen molar-refractivity contribution in [3.05, 3.63) is 0 Å². The minimum absolute atomic E-state index is 0. The quantitative estimate of drug-likeness (QED) is 0.413. The maximum Gasteiger partial charge on any atom is 0.341 e. The van der Waals surface area contributed by atoms with E-state index in [1.165, 1.54) is 6.92 Å². The zero-order valence-electron chi connectivity index (χ0n) is 8.53. The number of carboxylic acid groups (broad SMARTS) is 1. The number of hydrogen-bond donors (Lipinski definition) is 2. The molecule has 0 saturated carbocycles. The number of rotatable bonds is 3. The summed E-state index contributed by atoms with van der Waals surface area (Å²) in [6.07, 6.45) is 0. The van der Waals surface area contributed by atoms with E-state index in [2.05, 4.69) is 4.74 Å². The molecule has 0 aliphatic carbocycles. The first-order chi connectivity index (χ1) is 4.54. The van der Waals surface area contributed by atoms with Crippen molar-refractivity contribution >= 4 is 101 Å². The molecule has 0 saturated heterocycles. The molecule has 0 fully saturated rings. The van der Waals surface area contributed by atoms with E-state index < -0.39 is 24.6 Å². The summed E-state index contributed by atoms with van der Waals surface area (Å²) in [6, 6.07) is -0.764. The first kappa shape index (κ1) is 24.2. The van der Waals surface area contributed by atoms with Crippen LogP contribution >= 0.6 is 0 Å². The predicted octanol–water partition coefficient (Wildman–Crippen LogP) is -2.18. The third-order valence-corrected chi connectivity index (χ3v) is 0.710. The van der Waals surface area contributed by atoms with Crippen molar-refractivity contribution in [2.75, 3.05) is 6.61 Å². The molecule has 0 aliphatic rings. The second-order valence-corrected chi connectivity index (χ2v) is 1.79. The van der Waals surface area contributed by atoms with Gasteiger partial charge in [0.15, 0.2) is 6.61 Å². The molecule has 0 aromatic carbocycles. The van der Waals surface area contributed by atoms with Crippen molar-refractivity contribution in [3.63, 3.8) is 0 Å². The molecule has 0 amide bonds. The molecule has 5 nitrogen and oxygen atoms in total. The van der Waals surface area contributed by atoms with Crippen molar-refractivity contribution in [2.24, 2.45) is 5.73 Å². The Balaban J connectivity index is -0.000000135. The number of hydrogen-bond acceptors (Lipinski definition) is 4. The van der Waals surface area contributed by atoms with E-state index in [1.54, 1.807) is 0 Å². The van der Waals surface area contributed by atoms with Gasteiger partial charge in [-0.1, -0.05) is 0 Å². The molecule has 0 rings (SSSR count). The maximum atomic E-state index is 10.4. The molecule has 3 N–H and O–H groups in total. The Hall–Kier alpha value is 1.90. The number of esters is 1. The molecule has 8 heteroatoms. The van der Waals surface area contributed by atoms with Crippen LogP contribution < -0.4 is 5.73 Å². The number of ether oxygens (including phenoxy) is 1. The van der Waals surface area contributed by atoms with E-state index in [0.717, 1.165) is 0 Å². The van der Waals surface area contributed by atoms with Gasteiger partial charge in [-0.2, -0.15) is 0 Å². The number of carbonyl (C=O) groups excluding carboxylic acids is 1. The normalized spacial score (nSPS) is 9.38. The van der Waals surface area contributed by atoms with E-state index in [1.807, 2.05) is 0 Å². The van der Waals surface area contributed by atoms with Crippen LogP contribution in [0.25, 0.3) is 0 Å². The topological polar surface area (TPSA) is 89.6 Å². The van der Waals surface area contributed by atoms with Crippen LogP contribution in [0.15, 0.2) is 0 Å². The van der Waals surface area contributed by atoms with Crippen LogP contribution in [0.3, 0.4) is 0 Å². The van der Waals surface area contributed by atoms with Crippen LogP contribution in [-0.2, 0) is 14.3 Å². The Morgan fingerprint density at radius 1 is 1.38 bits per heavy atom. The van der Waals surface area contributed by atoms with Crippen LogP contribution in [0.2, 0.25) is 0 Å². The van der Waals surface area contributed by atoms with Crippen molar-refractivity contribution in [3.8, 4) is 0 Å². The zero-order valence-corrected chi connectivity index (χ0v) is 14.5. The summed E-state index contributed by atoms with van der Waals surface area (Å²) < 4.78 is 4.20. The van der Waals surface area contributed by atoms with Gasteiger partial charge >= 0.3 is 11.9 Å². The summed E-state index contributed by atoms with van der Waals surface area (Å²) in [5.41, 5.74) is 5.05. The van der Waals surface area contributed by atoms with Gasteiger partial charge in [0.05, 0.1) is 0 Å². The van der Waals surface area contributed by atoms with Gasteiger partial charge in [-0.15, -0.1) is 0 Å². The summed E-state index contributed by atoms with van der Waals surface area (Å²) in [5, 5.41) is 8.03. The number of carbonyl (C=O) groups is 2. The Bertz CT molecular complexity index is 153. The number of carboxylic acids is 1. The standard InChI is InChI=1S/C5H9NO4.3Na/c1-3(6)5(9)10-2-4(7)8;;;/h3H,2,6H2,1H3,(H,7,8);;;/t3-;;;/m0.../s1. The third-order valence-electron chi connectivity index (χ3n) is 0.710. The molecular formula is C5H9NNa3O4. The van der Waals surface area contributed by atoms with Crippen LogP contribution in [-0.4, -0.2) is 118 Å². The van der Waals surface area contributed by atoms with Crippen LogP contribution in [0.1, 0.15) is 6.92 Å². The molecule has 0 bridgehead atoms. The molecule has 0 aliphatic heterocycles. The molecule has 1 atom stereocenters. The second kappa shape index (κ2) is 13.9. The fourth-order valence-corrected chi connectivity index (χ4v) is 0.264. The largest absolute Gasteiger partial charge is 0.479 e. The number of nitrogens with two attached hydrogens (primary N) is 1. The Labute approximate surface area is 143 Å². The van der Waals surface area contributed by atoms with Crippen molar-refractivity contribution < 1.29 is 19.4 Å². The average molecular weight is 216 g/mol. The van der Waals surface area contributed by atoms with E-state index in [9.17, 15) is 9.59 Å². The SMILES string of the molecule is C[C@H](N)C(=O)OCC(=O)O.[Na].[Na].[Na]. The fraction of sp³-hybridized carbons (Fsp3) is 0.600. The fourth-order valence-electron chi connectivity index (χ4n) is 0.264. The molecule has 0 heterocycles. The average Bonchev–Trinajstić information content (AvgIpc) is 1.82. The van der Waals surface area contributed by atoms with Gasteiger partial charge in [0.2, 0.25) is 0 Å². The summed E-state index contributed by atoms with van der Waals surface area (Å²) in [6.45, 7) is 0.796. The summed E-state index contributed by atoms with van der Waals surface area (Å²) in [7, 11) is 0. The van der Waals surface area contributed by atoms with Crippen LogP contribution in [0.5, 0.6) is 0 Å². The van der Waals surface area contributed by atoms with E-state index in [-0.39, 0.29) is 88.7 Å². The molecule has 61 valence electrons. The van der Waals surface area contributed by atoms with Crippen molar-refractivity contribution in [2.45, 2.75) is 13.0 Å². The number of aliphatic carboxylic acids is 1. The van der Waals surface area contributed by atoms with Gasteiger partial charge in [0, 0.05) is 88.7 Å².